The second-order valence-corrected chi connectivity index (χ2v) is 8.37. The monoisotopic (exact) mass is 448 g/mol. The molecular weight excluding hydrogens is 428 g/mol. The number of nitriles is 1. The van der Waals surface area contributed by atoms with Crippen LogP contribution in [0, 0.1) is 11.3 Å². The van der Waals surface area contributed by atoms with E-state index in [2.05, 4.69) is 27.3 Å². The predicted molar refractivity (Wildman–Crippen MR) is 115 cm³/mol. The van der Waals surface area contributed by atoms with Crippen LogP contribution in [0.1, 0.15) is 42.7 Å². The van der Waals surface area contributed by atoms with Gasteiger partial charge in [0.05, 0.1) is 24.7 Å². The number of halogens is 1. The third kappa shape index (κ3) is 3.61. The molecule has 0 fully saturated rings. The maximum Gasteiger partial charge on any atom is 0.162 e. The first-order valence-electron chi connectivity index (χ1n) is 9.55. The van der Waals surface area contributed by atoms with Gasteiger partial charge in [-0.25, -0.2) is 0 Å². The highest BCUT2D eigenvalue weighted by Gasteiger charge is 2.38. The molecule has 0 saturated carbocycles. The van der Waals surface area contributed by atoms with Gasteiger partial charge in [0.25, 0.3) is 0 Å². The summed E-state index contributed by atoms with van der Waals surface area (Å²) in [6.45, 7) is 1.91. The number of benzene rings is 2. The molecule has 146 valence electrons. The first-order chi connectivity index (χ1) is 14.0. The van der Waals surface area contributed by atoms with Crippen LogP contribution in [-0.2, 0) is 4.79 Å². The molecule has 0 aromatic heterocycles. The van der Waals surface area contributed by atoms with Gasteiger partial charge >= 0.3 is 0 Å². The first kappa shape index (κ1) is 19.5. The van der Waals surface area contributed by atoms with E-state index in [1.54, 1.807) is 7.11 Å². The van der Waals surface area contributed by atoms with Crippen LogP contribution in [-0.4, -0.2) is 12.9 Å². The van der Waals surface area contributed by atoms with Crippen LogP contribution in [0.2, 0.25) is 0 Å². The number of dihydropyridines is 1. The summed E-state index contributed by atoms with van der Waals surface area (Å²) in [5, 5.41) is 13.2. The smallest absolute Gasteiger partial charge is 0.162 e. The number of hydrogen-bond acceptors (Lipinski definition) is 4. The van der Waals surface area contributed by atoms with Crippen molar-refractivity contribution in [1.29, 1.82) is 5.26 Å². The van der Waals surface area contributed by atoms with Gasteiger partial charge in [0.2, 0.25) is 0 Å². The van der Waals surface area contributed by atoms with Crippen LogP contribution in [0.15, 0.2) is 75.5 Å². The Morgan fingerprint density at radius 3 is 2.34 bits per heavy atom. The van der Waals surface area contributed by atoms with Crippen molar-refractivity contribution < 1.29 is 9.53 Å². The van der Waals surface area contributed by atoms with E-state index in [-0.39, 0.29) is 17.6 Å². The van der Waals surface area contributed by atoms with Gasteiger partial charge in [-0.1, -0.05) is 40.2 Å². The molecule has 2 aliphatic rings. The molecule has 5 heteroatoms. The maximum absolute atomic E-state index is 13.3. The zero-order valence-electron chi connectivity index (χ0n) is 16.3. The molecule has 0 saturated heterocycles. The van der Waals surface area contributed by atoms with Gasteiger partial charge in [0, 0.05) is 27.9 Å². The fourth-order valence-electron chi connectivity index (χ4n) is 4.29. The number of ketones is 1. The summed E-state index contributed by atoms with van der Waals surface area (Å²) in [7, 11) is 1.65. The number of Topliss-reactive ketones (excluding diaryl/α,β-unsaturated/α-hetero) is 1. The zero-order chi connectivity index (χ0) is 20.5. The molecule has 4 nitrogen and oxygen atoms in total. The molecule has 1 aliphatic carbocycles. The minimum Gasteiger partial charge on any atom is -0.497 e. The molecule has 29 heavy (non-hydrogen) atoms. The fourth-order valence-corrected chi connectivity index (χ4v) is 4.55. The summed E-state index contributed by atoms with van der Waals surface area (Å²) < 4.78 is 6.21. The topological polar surface area (TPSA) is 62.1 Å². The molecule has 2 aromatic carbocycles. The van der Waals surface area contributed by atoms with Crippen molar-refractivity contribution >= 4 is 21.7 Å². The summed E-state index contributed by atoms with van der Waals surface area (Å²) in [6, 6.07) is 18.1. The molecule has 4 rings (SSSR count). The molecular formula is C24H21BrN2O2. The summed E-state index contributed by atoms with van der Waals surface area (Å²) >= 11 is 3.46. The average Bonchev–Trinajstić information content (AvgIpc) is 2.73. The maximum atomic E-state index is 13.3. The van der Waals surface area contributed by atoms with Crippen molar-refractivity contribution in [2.45, 2.75) is 31.6 Å². The molecule has 1 N–H and O–H groups in total. The number of carbonyl (C=O) groups excluding carboxylic acids is 1. The van der Waals surface area contributed by atoms with Crippen LogP contribution in [0.3, 0.4) is 0 Å². The molecule has 0 spiro atoms. The summed E-state index contributed by atoms with van der Waals surface area (Å²) in [5.41, 5.74) is 5.20. The largest absolute Gasteiger partial charge is 0.497 e. The Kier molecular flexibility index (Phi) is 5.29. The highest BCUT2D eigenvalue weighted by molar-refractivity contribution is 9.10. The van der Waals surface area contributed by atoms with Crippen LogP contribution >= 0.6 is 15.9 Å². The average molecular weight is 449 g/mol. The van der Waals surface area contributed by atoms with Crippen molar-refractivity contribution in [1.82, 2.24) is 5.32 Å². The zero-order valence-corrected chi connectivity index (χ0v) is 17.9. The Balaban J connectivity index is 1.74. The second-order valence-electron chi connectivity index (χ2n) is 7.45. The van der Waals surface area contributed by atoms with Crippen molar-refractivity contribution in [3.63, 3.8) is 0 Å². The molecule has 2 aromatic rings. The Labute approximate surface area is 179 Å². The minimum absolute atomic E-state index is 0.104. The van der Waals surface area contributed by atoms with Crippen LogP contribution < -0.4 is 10.1 Å². The van der Waals surface area contributed by atoms with E-state index in [9.17, 15) is 10.1 Å². The Morgan fingerprint density at radius 2 is 1.72 bits per heavy atom. The number of nitrogens with zero attached hydrogens (tertiary/aromatic N) is 1. The third-order valence-corrected chi connectivity index (χ3v) is 6.27. The molecule has 1 heterocycles. The van der Waals surface area contributed by atoms with Crippen LogP contribution in [0.25, 0.3) is 0 Å². The lowest BCUT2D eigenvalue weighted by Crippen LogP contribution is -2.33. The normalized spacial score (nSPS) is 21.4. The lowest BCUT2D eigenvalue weighted by atomic mass is 9.72. The van der Waals surface area contributed by atoms with E-state index in [0.717, 1.165) is 44.7 Å². The molecule has 0 unspecified atom stereocenters. The Morgan fingerprint density at radius 1 is 1.07 bits per heavy atom. The molecule has 2 atom stereocenters. The minimum atomic E-state index is -0.311. The second kappa shape index (κ2) is 7.88. The van der Waals surface area contributed by atoms with Gasteiger partial charge in [0.1, 0.15) is 5.75 Å². The highest BCUT2D eigenvalue weighted by Crippen LogP contribution is 2.45. The predicted octanol–water partition coefficient (Wildman–Crippen LogP) is 5.34. The first-order valence-corrected chi connectivity index (χ1v) is 10.3. The molecule has 0 amide bonds. The number of rotatable bonds is 3. The summed E-state index contributed by atoms with van der Waals surface area (Å²) in [6.07, 6.45) is 1.19. The summed E-state index contributed by atoms with van der Waals surface area (Å²) in [4.78, 5) is 13.3. The number of ether oxygens (including phenoxy) is 1. The molecule has 0 bridgehead atoms. The number of carbonyl (C=O) groups is 1. The van der Waals surface area contributed by atoms with E-state index in [4.69, 9.17) is 4.74 Å². The Hall–Kier alpha value is -2.84. The van der Waals surface area contributed by atoms with Crippen LogP contribution in [0.5, 0.6) is 5.75 Å². The van der Waals surface area contributed by atoms with Gasteiger partial charge in [-0.2, -0.15) is 5.26 Å². The number of nitrogens with one attached hydrogen (secondary N) is 1. The van der Waals surface area contributed by atoms with Crippen molar-refractivity contribution in [3.05, 3.63) is 86.7 Å². The van der Waals surface area contributed by atoms with Gasteiger partial charge < -0.3 is 10.1 Å². The lowest BCUT2D eigenvalue weighted by molar-refractivity contribution is -0.116. The van der Waals surface area contributed by atoms with Gasteiger partial charge in [-0.15, -0.1) is 0 Å². The Bertz CT molecular complexity index is 1060. The van der Waals surface area contributed by atoms with E-state index < -0.39 is 0 Å². The number of methoxy groups -OCH3 is 1. The van der Waals surface area contributed by atoms with Gasteiger partial charge in [0.15, 0.2) is 5.78 Å². The number of hydrogen-bond donors (Lipinski definition) is 1. The standard InChI is InChI=1S/C24H21BrN2O2/c1-14-20(13-26)23(16-3-7-18(25)8-4-16)24-21(27-14)11-17(12-22(24)28)15-5-9-19(29-2)10-6-15/h3-10,17,23,27H,11-12H2,1-2H3/t17-,23+/m1/s1. The van der Waals surface area contributed by atoms with E-state index in [0.29, 0.717) is 12.0 Å². The quantitative estimate of drug-likeness (QED) is 0.687. The lowest BCUT2D eigenvalue weighted by Gasteiger charge is -2.35. The van der Waals surface area contributed by atoms with E-state index in [1.807, 2.05) is 55.5 Å². The van der Waals surface area contributed by atoms with E-state index in [1.165, 1.54) is 0 Å². The fraction of sp³-hybridized carbons (Fsp3) is 0.250. The SMILES string of the molecule is COc1ccc([C@H]2CC(=O)C3=C(C2)NC(C)=C(C#N)[C@@H]3c2ccc(Br)cc2)cc1. The highest BCUT2D eigenvalue weighted by atomic mass is 79.9. The van der Waals surface area contributed by atoms with Crippen molar-refractivity contribution in [2.24, 2.45) is 0 Å². The van der Waals surface area contributed by atoms with E-state index >= 15 is 0 Å². The van der Waals surface area contributed by atoms with Crippen molar-refractivity contribution in [2.75, 3.05) is 7.11 Å². The van der Waals surface area contributed by atoms with Gasteiger partial charge in [-0.05, 0) is 54.7 Å². The van der Waals surface area contributed by atoms with Crippen molar-refractivity contribution in [3.8, 4) is 11.8 Å². The van der Waals surface area contributed by atoms with Gasteiger partial charge in [-0.3, -0.25) is 4.79 Å². The third-order valence-electron chi connectivity index (χ3n) is 5.74. The molecule has 1 aliphatic heterocycles. The molecule has 0 radical (unpaired) electrons. The van der Waals surface area contributed by atoms with Crippen LogP contribution in [0.4, 0.5) is 0 Å². The number of allylic oxidation sites excluding steroid dienone is 4. The summed E-state index contributed by atoms with van der Waals surface area (Å²) in [5.74, 6) is 0.711.